The molecule has 0 saturated heterocycles. The second-order valence-corrected chi connectivity index (χ2v) is 3.84. The van der Waals surface area contributed by atoms with Crippen LogP contribution in [0.4, 0.5) is 5.69 Å². The maximum absolute atomic E-state index is 5.64. The Morgan fingerprint density at radius 1 is 1.12 bits per heavy atom. The molecule has 0 fully saturated rings. The topological polar surface area (TPSA) is 64.7 Å². The first-order valence-electron chi connectivity index (χ1n) is 5.22. The highest BCUT2D eigenvalue weighted by atomic mass is 15.0. The zero-order valence-corrected chi connectivity index (χ0v) is 9.17. The Kier molecular flexibility index (Phi) is 3.10. The second kappa shape index (κ2) is 4.70. The molecule has 0 amide bonds. The van der Waals surface area contributed by atoms with E-state index in [1.807, 2.05) is 24.3 Å². The van der Waals surface area contributed by atoms with Gasteiger partial charge >= 0.3 is 0 Å². The van der Waals surface area contributed by atoms with E-state index in [1.165, 1.54) is 18.2 Å². The molecule has 4 heteroatoms. The van der Waals surface area contributed by atoms with Crippen molar-refractivity contribution in [3.63, 3.8) is 0 Å². The lowest BCUT2D eigenvalue weighted by atomic mass is 10.0. The van der Waals surface area contributed by atoms with Crippen molar-refractivity contribution >= 4 is 5.69 Å². The molecule has 1 heterocycles. The molecule has 0 saturated carbocycles. The van der Waals surface area contributed by atoms with E-state index in [2.05, 4.69) is 21.9 Å². The summed E-state index contributed by atoms with van der Waals surface area (Å²) in [7, 11) is 0. The zero-order chi connectivity index (χ0) is 11.4. The number of benzene rings is 1. The summed E-state index contributed by atoms with van der Waals surface area (Å²) >= 11 is 0. The van der Waals surface area contributed by atoms with Crippen LogP contribution in [0.2, 0.25) is 0 Å². The van der Waals surface area contributed by atoms with Crippen LogP contribution >= 0.6 is 0 Å². The van der Waals surface area contributed by atoms with Gasteiger partial charge in [-0.05, 0) is 24.1 Å². The van der Waals surface area contributed by atoms with Crippen LogP contribution in [0.3, 0.4) is 0 Å². The van der Waals surface area contributed by atoms with Gasteiger partial charge in [-0.15, -0.1) is 0 Å². The van der Waals surface area contributed by atoms with Crippen LogP contribution in [0.1, 0.15) is 24.2 Å². The van der Waals surface area contributed by atoms with Gasteiger partial charge in [-0.3, -0.25) is 0 Å². The van der Waals surface area contributed by atoms with Gasteiger partial charge in [-0.25, -0.2) is 15.0 Å². The Bertz CT molecular complexity index is 438. The van der Waals surface area contributed by atoms with Gasteiger partial charge in [0, 0.05) is 11.6 Å². The fourth-order valence-corrected chi connectivity index (χ4v) is 1.60. The number of nitrogens with zero attached hydrogens (tertiary/aromatic N) is 3. The van der Waals surface area contributed by atoms with Gasteiger partial charge in [-0.2, -0.15) is 0 Å². The lowest BCUT2D eigenvalue weighted by molar-refractivity contribution is 0.689. The van der Waals surface area contributed by atoms with Crippen molar-refractivity contribution in [3.05, 3.63) is 48.3 Å². The van der Waals surface area contributed by atoms with Crippen molar-refractivity contribution in [2.75, 3.05) is 5.73 Å². The molecule has 0 aliphatic carbocycles. The molecule has 1 aromatic heterocycles. The van der Waals surface area contributed by atoms with Crippen LogP contribution in [0, 0.1) is 0 Å². The first kappa shape index (κ1) is 10.5. The van der Waals surface area contributed by atoms with Gasteiger partial charge in [0.2, 0.25) is 0 Å². The molecule has 16 heavy (non-hydrogen) atoms. The molecule has 1 atom stereocenters. The highest BCUT2D eigenvalue weighted by Gasteiger charge is 2.08. The summed E-state index contributed by atoms with van der Waals surface area (Å²) in [6.45, 7) is 2.10. The smallest absolute Gasteiger partial charge is 0.135 e. The maximum Gasteiger partial charge on any atom is 0.135 e. The fraction of sp³-hybridized carbons (Fsp3) is 0.250. The number of anilines is 1. The highest BCUT2D eigenvalue weighted by Crippen LogP contribution is 2.17. The third kappa shape index (κ3) is 2.53. The van der Waals surface area contributed by atoms with Crippen molar-refractivity contribution in [2.24, 2.45) is 0 Å². The van der Waals surface area contributed by atoms with E-state index in [0.29, 0.717) is 0 Å². The van der Waals surface area contributed by atoms with Crippen LogP contribution < -0.4 is 5.73 Å². The molecular weight excluding hydrogens is 200 g/mol. The monoisotopic (exact) mass is 214 g/mol. The molecule has 0 spiro atoms. The van der Waals surface area contributed by atoms with Crippen molar-refractivity contribution in [1.29, 1.82) is 0 Å². The summed E-state index contributed by atoms with van der Waals surface area (Å²) in [5.41, 5.74) is 7.66. The second-order valence-electron chi connectivity index (χ2n) is 3.84. The molecular formula is C12H14N4. The molecule has 0 aliphatic heterocycles. The standard InChI is InChI=1S/C12H14N4/c1-9(12-15-7-14-8-16-12)6-10-2-4-11(13)5-3-10/h2-5,7-9H,6,13H2,1H3. The van der Waals surface area contributed by atoms with Crippen molar-refractivity contribution in [3.8, 4) is 0 Å². The predicted molar refractivity (Wildman–Crippen MR) is 62.8 cm³/mol. The third-order valence-electron chi connectivity index (χ3n) is 2.48. The van der Waals surface area contributed by atoms with Crippen LogP contribution in [-0.2, 0) is 6.42 Å². The summed E-state index contributed by atoms with van der Waals surface area (Å²) in [6, 6.07) is 7.89. The van der Waals surface area contributed by atoms with E-state index in [9.17, 15) is 0 Å². The minimum atomic E-state index is 0.284. The average molecular weight is 214 g/mol. The summed E-state index contributed by atoms with van der Waals surface area (Å²) in [5.74, 6) is 1.11. The van der Waals surface area contributed by atoms with Gasteiger partial charge in [0.05, 0.1) is 0 Å². The molecule has 1 aromatic carbocycles. The first-order chi connectivity index (χ1) is 7.75. The molecule has 1 unspecified atom stereocenters. The van der Waals surface area contributed by atoms with Gasteiger partial charge in [0.25, 0.3) is 0 Å². The predicted octanol–water partition coefficient (Wildman–Crippen LogP) is 1.80. The van der Waals surface area contributed by atoms with E-state index < -0.39 is 0 Å². The van der Waals surface area contributed by atoms with E-state index in [-0.39, 0.29) is 5.92 Å². The average Bonchev–Trinajstić information content (AvgIpc) is 2.33. The number of rotatable bonds is 3. The molecule has 2 N–H and O–H groups in total. The van der Waals surface area contributed by atoms with E-state index in [0.717, 1.165) is 17.9 Å². The summed E-state index contributed by atoms with van der Waals surface area (Å²) in [4.78, 5) is 12.1. The Morgan fingerprint density at radius 2 is 1.75 bits per heavy atom. The van der Waals surface area contributed by atoms with Crippen LogP contribution in [0.15, 0.2) is 36.9 Å². The number of aromatic nitrogens is 3. The van der Waals surface area contributed by atoms with Crippen LogP contribution in [0.25, 0.3) is 0 Å². The number of nitrogens with two attached hydrogens (primary N) is 1. The SMILES string of the molecule is CC(Cc1ccc(N)cc1)c1ncncn1. The van der Waals surface area contributed by atoms with Crippen LogP contribution in [-0.4, -0.2) is 15.0 Å². The van der Waals surface area contributed by atoms with Gasteiger partial charge in [-0.1, -0.05) is 19.1 Å². The molecule has 0 bridgehead atoms. The fourth-order valence-electron chi connectivity index (χ4n) is 1.60. The van der Waals surface area contributed by atoms with Crippen molar-refractivity contribution in [1.82, 2.24) is 15.0 Å². The van der Waals surface area contributed by atoms with Gasteiger partial charge in [0.15, 0.2) is 0 Å². The largest absolute Gasteiger partial charge is 0.399 e. The van der Waals surface area contributed by atoms with E-state index in [4.69, 9.17) is 5.73 Å². The quantitative estimate of drug-likeness (QED) is 0.791. The van der Waals surface area contributed by atoms with Crippen molar-refractivity contribution in [2.45, 2.75) is 19.3 Å². The normalized spacial score (nSPS) is 12.3. The highest BCUT2D eigenvalue weighted by molar-refractivity contribution is 5.39. The third-order valence-corrected chi connectivity index (χ3v) is 2.48. The molecule has 0 aliphatic rings. The molecule has 82 valence electrons. The Hall–Kier alpha value is -1.97. The van der Waals surface area contributed by atoms with Crippen molar-refractivity contribution < 1.29 is 0 Å². The number of hydrogen-bond donors (Lipinski definition) is 1. The first-order valence-corrected chi connectivity index (χ1v) is 5.22. The summed E-state index contributed by atoms with van der Waals surface area (Å²) in [6.07, 6.45) is 3.97. The Morgan fingerprint density at radius 3 is 2.38 bits per heavy atom. The minimum absolute atomic E-state index is 0.284. The van der Waals surface area contributed by atoms with Gasteiger partial charge in [0.1, 0.15) is 18.5 Å². The molecule has 2 aromatic rings. The van der Waals surface area contributed by atoms with Gasteiger partial charge < -0.3 is 5.73 Å². The Balaban J connectivity index is 2.08. The summed E-state index contributed by atoms with van der Waals surface area (Å²) < 4.78 is 0. The van der Waals surface area contributed by atoms with E-state index in [1.54, 1.807) is 0 Å². The lowest BCUT2D eigenvalue weighted by Crippen LogP contribution is -2.04. The lowest BCUT2D eigenvalue weighted by Gasteiger charge is -2.09. The summed E-state index contributed by atoms with van der Waals surface area (Å²) in [5, 5.41) is 0. The number of hydrogen-bond acceptors (Lipinski definition) is 4. The molecule has 4 nitrogen and oxygen atoms in total. The molecule has 2 rings (SSSR count). The van der Waals surface area contributed by atoms with E-state index >= 15 is 0 Å². The molecule has 0 radical (unpaired) electrons. The zero-order valence-electron chi connectivity index (χ0n) is 9.17. The van der Waals surface area contributed by atoms with Crippen LogP contribution in [0.5, 0.6) is 0 Å². The maximum atomic E-state index is 5.64. The Labute approximate surface area is 94.6 Å². The number of nitrogen functional groups attached to an aromatic ring is 1. The minimum Gasteiger partial charge on any atom is -0.399 e.